The molecule has 0 saturated carbocycles. The zero-order valence-corrected chi connectivity index (χ0v) is 12.5. The van der Waals surface area contributed by atoms with E-state index in [9.17, 15) is 0 Å². The lowest BCUT2D eigenvalue weighted by Gasteiger charge is -2.23. The second-order valence-electron chi connectivity index (χ2n) is 5.28. The van der Waals surface area contributed by atoms with Gasteiger partial charge < -0.3 is 20.7 Å². The number of aromatic nitrogens is 1. The van der Waals surface area contributed by atoms with Crippen LogP contribution in [0.25, 0.3) is 0 Å². The summed E-state index contributed by atoms with van der Waals surface area (Å²) < 4.78 is 0. The summed E-state index contributed by atoms with van der Waals surface area (Å²) in [6, 6.07) is 1.64. The second-order valence-corrected chi connectivity index (χ2v) is 5.66. The molecule has 3 N–H and O–H groups in total. The van der Waals surface area contributed by atoms with Gasteiger partial charge in [0.1, 0.15) is 5.82 Å². The Hall–Kier alpha value is -1.53. The van der Waals surface area contributed by atoms with Crippen molar-refractivity contribution in [2.45, 2.75) is 6.42 Å². The first-order valence-corrected chi connectivity index (χ1v) is 6.92. The molecule has 0 aromatic carbocycles. The zero-order valence-electron chi connectivity index (χ0n) is 11.8. The Balaban J connectivity index is 2.15. The number of anilines is 1. The number of amidine groups is 1. The van der Waals surface area contributed by atoms with Gasteiger partial charge in [-0.2, -0.15) is 0 Å². The van der Waals surface area contributed by atoms with E-state index < -0.39 is 0 Å². The van der Waals surface area contributed by atoms with Crippen molar-refractivity contribution in [3.05, 3.63) is 22.8 Å². The summed E-state index contributed by atoms with van der Waals surface area (Å²) in [7, 11) is 4.09. The molecule has 6 nitrogen and oxygen atoms in total. The molecule has 0 spiro atoms. The molecule has 1 aromatic rings. The smallest absolute Gasteiger partial charge is 0.171 e. The van der Waals surface area contributed by atoms with Crippen molar-refractivity contribution in [3.63, 3.8) is 0 Å². The molecule has 110 valence electrons. The summed E-state index contributed by atoms with van der Waals surface area (Å²) >= 11 is 6.30. The van der Waals surface area contributed by atoms with E-state index in [1.165, 1.54) is 6.42 Å². The normalized spacial score (nSPS) is 20.4. The predicted octanol–water partition coefficient (Wildman–Crippen LogP) is 1.22. The molecule has 7 heteroatoms. The lowest BCUT2D eigenvalue weighted by Crippen LogP contribution is -2.28. The van der Waals surface area contributed by atoms with E-state index in [1.54, 1.807) is 12.3 Å². The number of hydrogen-bond donors (Lipinski definition) is 2. The van der Waals surface area contributed by atoms with Gasteiger partial charge in [-0.25, -0.2) is 4.98 Å². The van der Waals surface area contributed by atoms with Crippen LogP contribution in [-0.4, -0.2) is 54.7 Å². The van der Waals surface area contributed by atoms with Crippen molar-refractivity contribution in [3.8, 4) is 0 Å². The SMILES string of the molecule is CN1CCC(CN(C)c2nccc(/C(N)=N/O)c2Cl)C1. The van der Waals surface area contributed by atoms with Crippen molar-refractivity contribution >= 4 is 23.3 Å². The molecule has 1 aromatic heterocycles. The maximum atomic E-state index is 8.77. The fourth-order valence-electron chi connectivity index (χ4n) is 2.60. The van der Waals surface area contributed by atoms with Gasteiger partial charge in [-0.15, -0.1) is 0 Å². The van der Waals surface area contributed by atoms with Crippen molar-refractivity contribution < 1.29 is 5.21 Å². The molecule has 1 aliphatic rings. The van der Waals surface area contributed by atoms with E-state index in [4.69, 9.17) is 22.5 Å². The topological polar surface area (TPSA) is 78.0 Å². The summed E-state index contributed by atoms with van der Waals surface area (Å²) in [6.45, 7) is 3.10. The van der Waals surface area contributed by atoms with Gasteiger partial charge in [-0.05, 0) is 32.0 Å². The number of likely N-dealkylation sites (tertiary alicyclic amines) is 1. The van der Waals surface area contributed by atoms with Crippen LogP contribution in [0, 0.1) is 5.92 Å². The van der Waals surface area contributed by atoms with Crippen molar-refractivity contribution in [1.82, 2.24) is 9.88 Å². The molecular weight excluding hydrogens is 278 g/mol. The molecule has 0 aliphatic carbocycles. The Morgan fingerprint density at radius 2 is 2.45 bits per heavy atom. The number of halogens is 1. The molecule has 0 bridgehead atoms. The van der Waals surface area contributed by atoms with Crippen LogP contribution in [0.4, 0.5) is 5.82 Å². The maximum absolute atomic E-state index is 8.77. The number of nitrogens with zero attached hydrogens (tertiary/aromatic N) is 4. The van der Waals surface area contributed by atoms with Gasteiger partial charge in [0.05, 0.1) is 5.02 Å². The molecule has 1 saturated heterocycles. The quantitative estimate of drug-likeness (QED) is 0.378. The number of nitrogens with two attached hydrogens (primary N) is 1. The molecule has 20 heavy (non-hydrogen) atoms. The maximum Gasteiger partial charge on any atom is 0.171 e. The summed E-state index contributed by atoms with van der Waals surface area (Å²) in [5.41, 5.74) is 6.10. The van der Waals surface area contributed by atoms with Crippen molar-refractivity contribution in [1.29, 1.82) is 0 Å². The van der Waals surface area contributed by atoms with Crippen LogP contribution >= 0.6 is 11.6 Å². The Morgan fingerprint density at radius 1 is 1.70 bits per heavy atom. The van der Waals surface area contributed by atoms with Crippen LogP contribution < -0.4 is 10.6 Å². The largest absolute Gasteiger partial charge is 0.409 e. The van der Waals surface area contributed by atoms with Gasteiger partial charge in [-0.1, -0.05) is 16.8 Å². The van der Waals surface area contributed by atoms with E-state index in [-0.39, 0.29) is 5.84 Å². The lowest BCUT2D eigenvalue weighted by molar-refractivity contribution is 0.318. The van der Waals surface area contributed by atoms with E-state index in [0.29, 0.717) is 22.3 Å². The lowest BCUT2D eigenvalue weighted by atomic mass is 10.1. The van der Waals surface area contributed by atoms with Gasteiger partial charge >= 0.3 is 0 Å². The van der Waals surface area contributed by atoms with Crippen LogP contribution in [0.2, 0.25) is 5.02 Å². The molecule has 1 atom stereocenters. The molecule has 0 amide bonds. The van der Waals surface area contributed by atoms with Crippen molar-refractivity contribution in [2.75, 3.05) is 38.6 Å². The van der Waals surface area contributed by atoms with E-state index in [0.717, 1.165) is 19.6 Å². The van der Waals surface area contributed by atoms with E-state index in [2.05, 4.69) is 22.1 Å². The zero-order chi connectivity index (χ0) is 14.7. The number of pyridine rings is 1. The van der Waals surface area contributed by atoms with E-state index in [1.807, 2.05) is 11.9 Å². The first-order chi connectivity index (χ1) is 9.52. The van der Waals surface area contributed by atoms with Gasteiger partial charge in [-0.3, -0.25) is 0 Å². The van der Waals surface area contributed by atoms with Crippen LogP contribution in [-0.2, 0) is 0 Å². The highest BCUT2D eigenvalue weighted by atomic mass is 35.5. The molecule has 2 heterocycles. The Kier molecular flexibility index (Phi) is 4.67. The minimum atomic E-state index is -0.00681. The average Bonchev–Trinajstić information content (AvgIpc) is 2.83. The summed E-state index contributed by atoms with van der Waals surface area (Å²) in [5, 5.41) is 12.2. The fourth-order valence-corrected chi connectivity index (χ4v) is 2.95. The van der Waals surface area contributed by atoms with Crippen LogP contribution in [0.3, 0.4) is 0 Å². The Bertz CT molecular complexity index is 508. The third-order valence-electron chi connectivity index (χ3n) is 3.64. The highest BCUT2D eigenvalue weighted by molar-refractivity contribution is 6.36. The fraction of sp³-hybridized carbons (Fsp3) is 0.538. The first-order valence-electron chi connectivity index (χ1n) is 6.55. The highest BCUT2D eigenvalue weighted by Gasteiger charge is 2.22. The minimum absolute atomic E-state index is 0.00681. The minimum Gasteiger partial charge on any atom is -0.409 e. The van der Waals surface area contributed by atoms with Gasteiger partial charge in [0.2, 0.25) is 0 Å². The summed E-state index contributed by atoms with van der Waals surface area (Å²) in [6.07, 6.45) is 2.80. The van der Waals surface area contributed by atoms with E-state index >= 15 is 0 Å². The summed E-state index contributed by atoms with van der Waals surface area (Å²) in [4.78, 5) is 8.65. The predicted molar refractivity (Wildman–Crippen MR) is 80.6 cm³/mol. The Labute approximate surface area is 123 Å². The molecule has 1 unspecified atom stereocenters. The molecule has 2 rings (SSSR count). The molecule has 1 aliphatic heterocycles. The van der Waals surface area contributed by atoms with Crippen LogP contribution in [0.1, 0.15) is 12.0 Å². The van der Waals surface area contributed by atoms with Crippen LogP contribution in [0.5, 0.6) is 0 Å². The Morgan fingerprint density at radius 3 is 3.05 bits per heavy atom. The van der Waals surface area contributed by atoms with Gasteiger partial charge in [0.15, 0.2) is 5.84 Å². The number of oxime groups is 1. The monoisotopic (exact) mass is 297 g/mol. The third kappa shape index (κ3) is 3.13. The van der Waals surface area contributed by atoms with Crippen molar-refractivity contribution in [2.24, 2.45) is 16.8 Å². The second kappa shape index (κ2) is 6.28. The number of rotatable bonds is 4. The first kappa shape index (κ1) is 14.9. The summed E-state index contributed by atoms with van der Waals surface area (Å²) in [5.74, 6) is 1.26. The molecular formula is C13H20ClN5O. The molecule has 0 radical (unpaired) electrons. The number of hydrogen-bond acceptors (Lipinski definition) is 5. The van der Waals surface area contributed by atoms with Crippen LogP contribution in [0.15, 0.2) is 17.4 Å². The standard InChI is InChI=1S/C13H20ClN5O/c1-18-6-4-9(7-18)8-19(2)13-11(14)10(3-5-16-13)12(15)17-20/h3,5,9,20H,4,6-8H2,1-2H3,(H2,15,17). The van der Waals surface area contributed by atoms with Gasteiger partial charge in [0, 0.05) is 31.9 Å². The average molecular weight is 298 g/mol. The molecule has 1 fully saturated rings. The third-order valence-corrected chi connectivity index (χ3v) is 4.01. The van der Waals surface area contributed by atoms with Gasteiger partial charge in [0.25, 0.3) is 0 Å². The highest BCUT2D eigenvalue weighted by Crippen LogP contribution is 2.27.